The van der Waals surface area contributed by atoms with E-state index in [1.165, 1.54) is 0 Å². The Balaban J connectivity index is 2.42. The molecule has 13 heavy (non-hydrogen) atoms. The lowest BCUT2D eigenvalue weighted by molar-refractivity contribution is 1.31. The van der Waals surface area contributed by atoms with Crippen LogP contribution in [0.3, 0.4) is 0 Å². The zero-order chi connectivity index (χ0) is 9.10. The molecule has 0 N–H and O–H groups in total. The monoisotopic (exact) mass is 188 g/mol. The fraction of sp³-hybridized carbons (Fsp3) is 0. The summed E-state index contributed by atoms with van der Waals surface area (Å²) in [5.41, 5.74) is 2.23. The lowest BCUT2D eigenvalue weighted by Crippen LogP contribution is -1.77. The van der Waals surface area contributed by atoms with Crippen LogP contribution in [0.5, 0.6) is 0 Å². The lowest BCUT2D eigenvalue weighted by Gasteiger charge is -1.99. The van der Waals surface area contributed by atoms with Crippen molar-refractivity contribution in [1.29, 1.82) is 0 Å². The van der Waals surface area contributed by atoms with Gasteiger partial charge in [0.25, 0.3) is 0 Å². The Morgan fingerprint density at radius 2 is 1.77 bits per heavy atom. The second kappa shape index (κ2) is 3.58. The molecule has 0 aliphatic heterocycles. The molecule has 0 unspecified atom stereocenters. The predicted octanol–water partition coefficient (Wildman–Crippen LogP) is 3.20. The lowest BCUT2D eigenvalue weighted by atomic mass is 10.1. The van der Waals surface area contributed by atoms with Gasteiger partial charge >= 0.3 is 0 Å². The van der Waals surface area contributed by atoms with E-state index in [1.54, 1.807) is 6.20 Å². The summed E-state index contributed by atoms with van der Waals surface area (Å²) in [4.78, 5) is 3.84. The Hall–Kier alpha value is -1.34. The molecule has 63 valence electrons. The van der Waals surface area contributed by atoms with Gasteiger partial charge in [0.1, 0.15) is 0 Å². The first kappa shape index (κ1) is 8.27. The number of aromatic nitrogens is 1. The normalized spacial score (nSPS) is 9.92. The van der Waals surface area contributed by atoms with Gasteiger partial charge in [0.2, 0.25) is 0 Å². The maximum atomic E-state index is 5.78. The van der Waals surface area contributed by atoms with E-state index in [0.29, 0.717) is 0 Å². The van der Waals surface area contributed by atoms with Crippen LogP contribution in [0.4, 0.5) is 0 Å². The number of rotatable bonds is 1. The summed E-state index contributed by atoms with van der Waals surface area (Å²) in [5, 5.41) is 0.752. The number of nitrogens with zero attached hydrogens (tertiary/aromatic N) is 1. The van der Waals surface area contributed by atoms with Crippen molar-refractivity contribution in [3.63, 3.8) is 0 Å². The van der Waals surface area contributed by atoms with Gasteiger partial charge in [-0.25, -0.2) is 0 Å². The smallest absolute Gasteiger partial charge is 0.0892 e. The standard InChI is InChI=1S/C11H7ClN/c12-11-3-1-9(2-4-11)10-5-7-13-8-6-10/h1-7H. The van der Waals surface area contributed by atoms with Crippen LogP contribution in [0.2, 0.25) is 5.02 Å². The summed E-state index contributed by atoms with van der Waals surface area (Å²) in [6.07, 6.45) is 4.52. The molecular weight excluding hydrogens is 182 g/mol. The molecule has 1 radical (unpaired) electrons. The van der Waals surface area contributed by atoms with Gasteiger partial charge in [0, 0.05) is 11.2 Å². The fourth-order valence-electron chi connectivity index (χ4n) is 1.14. The topological polar surface area (TPSA) is 12.9 Å². The number of hydrogen-bond acceptors (Lipinski definition) is 1. The van der Waals surface area contributed by atoms with Crippen molar-refractivity contribution in [2.75, 3.05) is 0 Å². The Bertz CT molecular complexity index is 381. The number of halogens is 1. The van der Waals surface area contributed by atoms with E-state index in [9.17, 15) is 0 Å². The van der Waals surface area contributed by atoms with Crippen LogP contribution in [-0.4, -0.2) is 4.98 Å². The second-order valence-corrected chi connectivity index (χ2v) is 3.12. The molecule has 0 saturated carbocycles. The highest BCUT2D eigenvalue weighted by atomic mass is 35.5. The first-order valence-corrected chi connectivity index (χ1v) is 4.32. The van der Waals surface area contributed by atoms with Crippen molar-refractivity contribution < 1.29 is 0 Å². The van der Waals surface area contributed by atoms with E-state index in [-0.39, 0.29) is 0 Å². The summed E-state index contributed by atoms with van der Waals surface area (Å²) in [6.45, 7) is 0. The van der Waals surface area contributed by atoms with Gasteiger partial charge in [-0.2, -0.15) is 0 Å². The van der Waals surface area contributed by atoms with Gasteiger partial charge in [-0.05, 0) is 35.4 Å². The molecule has 0 atom stereocenters. The van der Waals surface area contributed by atoms with Crippen LogP contribution in [0.15, 0.2) is 42.6 Å². The minimum atomic E-state index is 0.752. The third kappa shape index (κ3) is 1.87. The molecule has 0 aliphatic carbocycles. The predicted molar refractivity (Wildman–Crippen MR) is 53.5 cm³/mol. The number of hydrogen-bond donors (Lipinski definition) is 0. The molecule has 0 amide bonds. The van der Waals surface area contributed by atoms with E-state index in [4.69, 9.17) is 11.6 Å². The Morgan fingerprint density at radius 3 is 2.38 bits per heavy atom. The number of pyridine rings is 1. The first-order chi connectivity index (χ1) is 6.36. The molecule has 2 rings (SSSR count). The number of benzene rings is 1. The summed E-state index contributed by atoms with van der Waals surface area (Å²) in [7, 11) is 0. The molecule has 1 nitrogen and oxygen atoms in total. The van der Waals surface area contributed by atoms with Crippen molar-refractivity contribution in [2.45, 2.75) is 0 Å². The molecule has 0 fully saturated rings. The summed E-state index contributed by atoms with van der Waals surface area (Å²) in [6, 6.07) is 11.5. The van der Waals surface area contributed by atoms with Gasteiger partial charge in [-0.15, -0.1) is 0 Å². The van der Waals surface area contributed by atoms with Gasteiger partial charge in [0.05, 0.1) is 6.20 Å². The Labute approximate surface area is 82.0 Å². The molecule has 1 aromatic carbocycles. The highest BCUT2D eigenvalue weighted by Gasteiger charge is 1.95. The van der Waals surface area contributed by atoms with Gasteiger partial charge in [-0.1, -0.05) is 23.7 Å². The molecular formula is C11H7ClN. The zero-order valence-electron chi connectivity index (χ0n) is 6.87. The van der Waals surface area contributed by atoms with Gasteiger partial charge in [0.15, 0.2) is 0 Å². The minimum absolute atomic E-state index is 0.752. The third-order valence-corrected chi connectivity index (χ3v) is 2.05. The molecule has 0 aliphatic rings. The van der Waals surface area contributed by atoms with E-state index in [0.717, 1.165) is 16.1 Å². The quantitative estimate of drug-likeness (QED) is 0.670. The molecule has 2 heteroatoms. The first-order valence-electron chi connectivity index (χ1n) is 3.94. The van der Waals surface area contributed by atoms with E-state index in [1.807, 2.05) is 36.4 Å². The minimum Gasteiger partial charge on any atom is -0.255 e. The SMILES string of the molecule is Clc1ccc(-c2c[c]ncc2)cc1. The van der Waals surface area contributed by atoms with Crippen molar-refractivity contribution in [3.05, 3.63) is 53.8 Å². The largest absolute Gasteiger partial charge is 0.255 e. The van der Waals surface area contributed by atoms with Crippen molar-refractivity contribution in [2.24, 2.45) is 0 Å². The van der Waals surface area contributed by atoms with Gasteiger partial charge < -0.3 is 0 Å². The van der Waals surface area contributed by atoms with Crippen LogP contribution < -0.4 is 0 Å². The Morgan fingerprint density at radius 1 is 1.00 bits per heavy atom. The van der Waals surface area contributed by atoms with Crippen molar-refractivity contribution in [1.82, 2.24) is 4.98 Å². The highest BCUT2D eigenvalue weighted by Crippen LogP contribution is 2.19. The zero-order valence-corrected chi connectivity index (χ0v) is 7.62. The van der Waals surface area contributed by atoms with Crippen LogP contribution in [-0.2, 0) is 0 Å². The highest BCUT2D eigenvalue weighted by molar-refractivity contribution is 6.30. The van der Waals surface area contributed by atoms with Crippen LogP contribution in [0.1, 0.15) is 0 Å². The molecule has 0 spiro atoms. The summed E-state index contributed by atoms with van der Waals surface area (Å²) >= 11 is 5.78. The maximum absolute atomic E-state index is 5.78. The van der Waals surface area contributed by atoms with Crippen molar-refractivity contribution >= 4 is 11.6 Å². The Kier molecular flexibility index (Phi) is 2.28. The molecule has 1 heterocycles. The van der Waals surface area contributed by atoms with Crippen molar-refractivity contribution in [3.8, 4) is 11.1 Å². The maximum Gasteiger partial charge on any atom is 0.0892 e. The van der Waals surface area contributed by atoms with E-state index < -0.39 is 0 Å². The van der Waals surface area contributed by atoms with E-state index >= 15 is 0 Å². The average Bonchev–Trinajstić information content (AvgIpc) is 2.20. The summed E-state index contributed by atoms with van der Waals surface area (Å²) in [5.74, 6) is 0. The molecule has 2 aromatic rings. The van der Waals surface area contributed by atoms with Crippen LogP contribution in [0, 0.1) is 6.20 Å². The van der Waals surface area contributed by atoms with Gasteiger partial charge in [-0.3, -0.25) is 4.98 Å². The third-order valence-electron chi connectivity index (χ3n) is 1.80. The molecule has 1 aromatic heterocycles. The van der Waals surface area contributed by atoms with E-state index in [2.05, 4.69) is 11.2 Å². The molecule has 0 saturated heterocycles. The van der Waals surface area contributed by atoms with Crippen LogP contribution in [0.25, 0.3) is 11.1 Å². The second-order valence-electron chi connectivity index (χ2n) is 2.68. The summed E-state index contributed by atoms with van der Waals surface area (Å²) < 4.78 is 0. The fourth-order valence-corrected chi connectivity index (χ4v) is 1.26. The average molecular weight is 189 g/mol. The van der Waals surface area contributed by atoms with Crippen LogP contribution >= 0.6 is 11.6 Å². The molecule has 0 bridgehead atoms.